The Bertz CT molecular complexity index is 347. The normalized spacial score (nSPS) is 10.6. The van der Waals surface area contributed by atoms with Gasteiger partial charge in [0.05, 0.1) is 5.69 Å². The zero-order valence-corrected chi connectivity index (χ0v) is 9.23. The monoisotopic (exact) mass is 209 g/mol. The Labute approximate surface area is 89.8 Å². The number of aryl methyl sites for hydroxylation is 2. The lowest BCUT2D eigenvalue weighted by Gasteiger charge is -2.09. The average molecular weight is 209 g/mol. The van der Waals surface area contributed by atoms with Gasteiger partial charge >= 0.3 is 0 Å². The van der Waals surface area contributed by atoms with Crippen LogP contribution in [-0.2, 0) is 0 Å². The molecule has 0 fully saturated rings. The summed E-state index contributed by atoms with van der Waals surface area (Å²) in [6.07, 6.45) is 3.35. The SMILES string of the molecule is Cc1cc(C)c(S)c(N/C=C\NN)c1. The van der Waals surface area contributed by atoms with Crippen molar-refractivity contribution in [2.45, 2.75) is 18.7 Å². The molecule has 1 aromatic rings. The molecule has 1 aromatic carbocycles. The first kappa shape index (κ1) is 10.9. The minimum Gasteiger partial charge on any atom is -0.359 e. The number of rotatable bonds is 3. The summed E-state index contributed by atoms with van der Waals surface area (Å²) in [6.45, 7) is 4.09. The van der Waals surface area contributed by atoms with E-state index in [1.165, 1.54) is 5.56 Å². The molecule has 1 rings (SSSR count). The molecule has 3 nitrogen and oxygen atoms in total. The molecular weight excluding hydrogens is 194 g/mol. The van der Waals surface area contributed by atoms with Gasteiger partial charge < -0.3 is 10.7 Å². The first-order chi connectivity index (χ1) is 6.65. The van der Waals surface area contributed by atoms with Gasteiger partial charge in [0.1, 0.15) is 0 Å². The highest BCUT2D eigenvalue weighted by atomic mass is 32.1. The summed E-state index contributed by atoms with van der Waals surface area (Å²) >= 11 is 4.41. The standard InChI is InChI=1S/C10H15N3S/c1-7-5-8(2)10(14)9(6-7)12-3-4-13-11/h3-6,12-14H,11H2,1-2H3/b4-3-. The highest BCUT2D eigenvalue weighted by molar-refractivity contribution is 7.80. The second-order valence-corrected chi connectivity index (χ2v) is 3.57. The van der Waals surface area contributed by atoms with Gasteiger partial charge in [0.25, 0.3) is 0 Å². The van der Waals surface area contributed by atoms with Crippen molar-refractivity contribution in [1.82, 2.24) is 5.43 Å². The van der Waals surface area contributed by atoms with Gasteiger partial charge in [-0.15, -0.1) is 12.6 Å². The van der Waals surface area contributed by atoms with Gasteiger partial charge in [-0.3, -0.25) is 5.84 Å². The summed E-state index contributed by atoms with van der Waals surface area (Å²) in [5.41, 5.74) is 5.77. The predicted molar refractivity (Wildman–Crippen MR) is 63.3 cm³/mol. The molecule has 76 valence electrons. The topological polar surface area (TPSA) is 50.1 Å². The van der Waals surface area contributed by atoms with Crippen LogP contribution in [0.25, 0.3) is 0 Å². The zero-order chi connectivity index (χ0) is 10.6. The third-order valence-electron chi connectivity index (χ3n) is 1.86. The quantitative estimate of drug-likeness (QED) is 0.349. The lowest BCUT2D eigenvalue weighted by Crippen LogP contribution is -2.13. The molecule has 0 spiro atoms. The average Bonchev–Trinajstić information content (AvgIpc) is 2.13. The number of thiol groups is 1. The van der Waals surface area contributed by atoms with Crippen LogP contribution in [0.3, 0.4) is 0 Å². The van der Waals surface area contributed by atoms with E-state index in [4.69, 9.17) is 5.84 Å². The Hall–Kier alpha value is -1.13. The molecule has 0 aliphatic rings. The number of benzene rings is 1. The summed E-state index contributed by atoms with van der Waals surface area (Å²) in [6, 6.07) is 4.13. The van der Waals surface area contributed by atoms with Crippen LogP contribution in [0.1, 0.15) is 11.1 Å². The number of hydrogen-bond acceptors (Lipinski definition) is 4. The minimum absolute atomic E-state index is 0.956. The van der Waals surface area contributed by atoms with E-state index in [0.717, 1.165) is 16.1 Å². The van der Waals surface area contributed by atoms with Gasteiger partial charge in [0.2, 0.25) is 0 Å². The fourth-order valence-electron chi connectivity index (χ4n) is 1.25. The first-order valence-electron chi connectivity index (χ1n) is 4.33. The van der Waals surface area contributed by atoms with Crippen molar-refractivity contribution in [3.63, 3.8) is 0 Å². The van der Waals surface area contributed by atoms with E-state index in [1.807, 2.05) is 13.0 Å². The number of hydrogen-bond donors (Lipinski definition) is 4. The van der Waals surface area contributed by atoms with Crippen LogP contribution in [0, 0.1) is 13.8 Å². The summed E-state index contributed by atoms with van der Waals surface area (Å²) < 4.78 is 0. The van der Waals surface area contributed by atoms with Gasteiger partial charge in [0, 0.05) is 17.3 Å². The van der Waals surface area contributed by atoms with Crippen molar-refractivity contribution in [3.05, 3.63) is 35.7 Å². The van der Waals surface area contributed by atoms with E-state index in [2.05, 4.69) is 36.4 Å². The van der Waals surface area contributed by atoms with Crippen molar-refractivity contribution in [1.29, 1.82) is 0 Å². The number of nitrogens with one attached hydrogen (secondary N) is 2. The van der Waals surface area contributed by atoms with Gasteiger partial charge in [-0.25, -0.2) is 0 Å². The molecule has 0 heterocycles. The van der Waals surface area contributed by atoms with E-state index in [1.54, 1.807) is 12.4 Å². The Kier molecular flexibility index (Phi) is 3.85. The summed E-state index contributed by atoms with van der Waals surface area (Å²) in [5.74, 6) is 5.09. The maximum Gasteiger partial charge on any atom is 0.0521 e. The maximum atomic E-state index is 5.09. The van der Waals surface area contributed by atoms with Crippen molar-refractivity contribution in [2.24, 2.45) is 5.84 Å². The van der Waals surface area contributed by atoms with E-state index in [9.17, 15) is 0 Å². The number of anilines is 1. The van der Waals surface area contributed by atoms with Crippen LogP contribution in [0.5, 0.6) is 0 Å². The van der Waals surface area contributed by atoms with Crippen LogP contribution in [-0.4, -0.2) is 0 Å². The molecule has 0 bridgehead atoms. The molecule has 4 heteroatoms. The smallest absolute Gasteiger partial charge is 0.0521 e. The Balaban J connectivity index is 2.90. The maximum absolute atomic E-state index is 5.09. The molecule has 0 radical (unpaired) electrons. The van der Waals surface area contributed by atoms with Crippen LogP contribution in [0.2, 0.25) is 0 Å². The highest BCUT2D eigenvalue weighted by Crippen LogP contribution is 2.25. The van der Waals surface area contributed by atoms with Crippen molar-refractivity contribution >= 4 is 18.3 Å². The molecule has 0 aliphatic carbocycles. The molecule has 0 atom stereocenters. The van der Waals surface area contributed by atoms with E-state index in [-0.39, 0.29) is 0 Å². The summed E-state index contributed by atoms with van der Waals surface area (Å²) in [7, 11) is 0. The summed E-state index contributed by atoms with van der Waals surface area (Å²) in [4.78, 5) is 0.956. The zero-order valence-electron chi connectivity index (χ0n) is 8.33. The number of nitrogens with two attached hydrogens (primary N) is 1. The van der Waals surface area contributed by atoms with Gasteiger partial charge in [-0.05, 0) is 31.0 Å². The minimum atomic E-state index is 0.956. The Morgan fingerprint density at radius 2 is 2.00 bits per heavy atom. The van der Waals surface area contributed by atoms with Gasteiger partial charge in [-0.1, -0.05) is 6.07 Å². The third-order valence-corrected chi connectivity index (χ3v) is 2.46. The fourth-order valence-corrected chi connectivity index (χ4v) is 1.44. The van der Waals surface area contributed by atoms with E-state index < -0.39 is 0 Å². The number of hydrazine groups is 1. The van der Waals surface area contributed by atoms with Crippen LogP contribution in [0.15, 0.2) is 29.4 Å². The third kappa shape index (κ3) is 2.68. The fraction of sp³-hybridized carbons (Fsp3) is 0.200. The summed E-state index contributed by atoms with van der Waals surface area (Å²) in [5, 5.41) is 3.10. The van der Waals surface area contributed by atoms with Crippen molar-refractivity contribution in [2.75, 3.05) is 5.32 Å². The van der Waals surface area contributed by atoms with E-state index >= 15 is 0 Å². The van der Waals surface area contributed by atoms with Crippen LogP contribution < -0.4 is 16.6 Å². The molecule has 4 N–H and O–H groups in total. The largest absolute Gasteiger partial charge is 0.359 e. The predicted octanol–water partition coefficient (Wildman–Crippen LogP) is 1.94. The molecular formula is C10H15N3S. The Morgan fingerprint density at radius 1 is 1.29 bits per heavy atom. The highest BCUT2D eigenvalue weighted by Gasteiger charge is 2.01. The molecule has 0 saturated heterocycles. The lowest BCUT2D eigenvalue weighted by atomic mass is 10.1. The molecule has 0 amide bonds. The molecule has 0 unspecified atom stereocenters. The lowest BCUT2D eigenvalue weighted by molar-refractivity contribution is 0.965. The van der Waals surface area contributed by atoms with Crippen molar-refractivity contribution < 1.29 is 0 Å². The molecule has 0 aromatic heterocycles. The van der Waals surface area contributed by atoms with Crippen LogP contribution in [0.4, 0.5) is 5.69 Å². The first-order valence-corrected chi connectivity index (χ1v) is 4.77. The molecule has 0 aliphatic heterocycles. The second-order valence-electron chi connectivity index (χ2n) is 3.12. The van der Waals surface area contributed by atoms with Crippen LogP contribution >= 0.6 is 12.6 Å². The van der Waals surface area contributed by atoms with E-state index in [0.29, 0.717) is 0 Å². The second kappa shape index (κ2) is 4.93. The molecule has 0 saturated carbocycles. The Morgan fingerprint density at radius 3 is 2.64 bits per heavy atom. The van der Waals surface area contributed by atoms with Gasteiger partial charge in [-0.2, -0.15) is 0 Å². The van der Waals surface area contributed by atoms with Gasteiger partial charge in [0.15, 0.2) is 0 Å². The molecule has 14 heavy (non-hydrogen) atoms. The van der Waals surface area contributed by atoms with Crippen molar-refractivity contribution in [3.8, 4) is 0 Å².